The predicted molar refractivity (Wildman–Crippen MR) is 135 cm³/mol. The monoisotopic (exact) mass is 457 g/mol. The smallest absolute Gasteiger partial charge is 0.162 e. The second-order valence-electron chi connectivity index (χ2n) is 7.72. The van der Waals surface area contributed by atoms with Crippen LogP contribution < -0.4 is 11.1 Å². The number of thiophene rings is 2. The van der Waals surface area contributed by atoms with Gasteiger partial charge in [0.2, 0.25) is 0 Å². The van der Waals surface area contributed by atoms with Crippen molar-refractivity contribution < 1.29 is 0 Å². The lowest BCUT2D eigenvalue weighted by Gasteiger charge is -2.14. The van der Waals surface area contributed by atoms with E-state index in [-0.39, 0.29) is 6.04 Å². The molecule has 0 radical (unpaired) electrons. The summed E-state index contributed by atoms with van der Waals surface area (Å²) < 4.78 is 1.05. The van der Waals surface area contributed by atoms with Gasteiger partial charge in [-0.05, 0) is 48.1 Å². The largest absolute Gasteiger partial charge is 0.367 e. The summed E-state index contributed by atoms with van der Waals surface area (Å²) in [6, 6.07) is 16.3. The number of anilines is 1. The van der Waals surface area contributed by atoms with Gasteiger partial charge >= 0.3 is 0 Å². The first-order valence-electron chi connectivity index (χ1n) is 10.5. The van der Waals surface area contributed by atoms with E-state index in [0.29, 0.717) is 12.4 Å². The van der Waals surface area contributed by atoms with Crippen LogP contribution in [0.3, 0.4) is 0 Å². The summed E-state index contributed by atoms with van der Waals surface area (Å²) in [5.74, 6) is 1.52. The molecular formula is C25H23N5S2. The molecule has 0 fully saturated rings. The zero-order valence-corrected chi connectivity index (χ0v) is 19.3. The third-order valence-electron chi connectivity index (χ3n) is 5.33. The molecule has 7 heteroatoms. The van der Waals surface area contributed by atoms with Gasteiger partial charge in [-0.1, -0.05) is 30.3 Å². The Morgan fingerprint density at radius 1 is 1.00 bits per heavy atom. The molecule has 32 heavy (non-hydrogen) atoms. The normalized spacial score (nSPS) is 12.2. The third-order valence-corrected chi connectivity index (χ3v) is 7.36. The Morgan fingerprint density at radius 2 is 1.81 bits per heavy atom. The Bertz CT molecular complexity index is 1330. The van der Waals surface area contributed by atoms with E-state index in [1.165, 1.54) is 16.0 Å². The fourth-order valence-electron chi connectivity index (χ4n) is 3.69. The Balaban J connectivity index is 1.51. The van der Waals surface area contributed by atoms with Gasteiger partial charge in [0.15, 0.2) is 5.82 Å². The molecular weight excluding hydrogens is 434 g/mol. The van der Waals surface area contributed by atoms with E-state index in [4.69, 9.17) is 15.7 Å². The van der Waals surface area contributed by atoms with Crippen molar-refractivity contribution in [3.05, 3.63) is 82.8 Å². The summed E-state index contributed by atoms with van der Waals surface area (Å²) >= 11 is 3.42. The molecule has 0 amide bonds. The molecule has 1 atom stereocenters. The highest BCUT2D eigenvalue weighted by atomic mass is 32.1. The van der Waals surface area contributed by atoms with Gasteiger partial charge in [-0.15, -0.1) is 22.7 Å². The maximum atomic E-state index is 6.44. The summed E-state index contributed by atoms with van der Waals surface area (Å²) in [7, 11) is 0. The minimum absolute atomic E-state index is 0.0224. The number of hydrogen-bond donors (Lipinski definition) is 2. The second-order valence-corrected chi connectivity index (χ2v) is 9.52. The number of nitrogens with one attached hydrogen (secondary N) is 1. The molecule has 5 aromatic rings. The number of nitrogens with zero attached hydrogens (tertiary/aromatic N) is 3. The average molecular weight is 458 g/mol. The molecule has 5 rings (SSSR count). The first-order valence-corrected chi connectivity index (χ1v) is 12.2. The zero-order valence-electron chi connectivity index (χ0n) is 17.7. The van der Waals surface area contributed by atoms with E-state index in [2.05, 4.69) is 46.2 Å². The number of aromatic nitrogens is 3. The van der Waals surface area contributed by atoms with Gasteiger partial charge in [-0.25, -0.2) is 9.97 Å². The van der Waals surface area contributed by atoms with Gasteiger partial charge in [0.25, 0.3) is 0 Å². The van der Waals surface area contributed by atoms with Gasteiger partial charge in [0.1, 0.15) is 5.82 Å². The van der Waals surface area contributed by atoms with Crippen LogP contribution in [0.1, 0.15) is 11.1 Å². The standard InChI is InChI=1S/C25H23N5S2/c1-16-9-12-31-22(16)20-15-32-23-21(20)29-24(18-7-10-27-11-8-18)30-25(23)28-14-19(26)13-17-5-3-2-4-6-17/h2-12,15,19H,13-14,26H2,1H3,(H,28,29,30). The van der Waals surface area contributed by atoms with Crippen LogP contribution in [0.2, 0.25) is 0 Å². The molecule has 4 aromatic heterocycles. The second kappa shape index (κ2) is 9.16. The van der Waals surface area contributed by atoms with Gasteiger partial charge in [0, 0.05) is 46.4 Å². The average Bonchev–Trinajstić information content (AvgIpc) is 3.44. The van der Waals surface area contributed by atoms with Crippen LogP contribution in [-0.4, -0.2) is 27.5 Å². The number of rotatable bonds is 7. The van der Waals surface area contributed by atoms with E-state index in [1.807, 2.05) is 30.3 Å². The molecule has 0 aliphatic carbocycles. The third kappa shape index (κ3) is 4.27. The van der Waals surface area contributed by atoms with Crippen LogP contribution in [0.25, 0.3) is 32.0 Å². The Hall–Kier alpha value is -3.13. The van der Waals surface area contributed by atoms with Crippen molar-refractivity contribution >= 4 is 38.7 Å². The van der Waals surface area contributed by atoms with Gasteiger partial charge in [-0.3, -0.25) is 4.98 Å². The van der Waals surface area contributed by atoms with E-state index < -0.39 is 0 Å². The molecule has 0 aliphatic rings. The quantitative estimate of drug-likeness (QED) is 0.324. The van der Waals surface area contributed by atoms with Crippen LogP contribution in [0.4, 0.5) is 5.82 Å². The molecule has 3 N–H and O–H groups in total. The van der Waals surface area contributed by atoms with E-state index in [9.17, 15) is 0 Å². The highest BCUT2D eigenvalue weighted by molar-refractivity contribution is 7.19. The van der Waals surface area contributed by atoms with Gasteiger partial charge in [-0.2, -0.15) is 0 Å². The van der Waals surface area contributed by atoms with Crippen LogP contribution in [0.5, 0.6) is 0 Å². The summed E-state index contributed by atoms with van der Waals surface area (Å²) in [4.78, 5) is 15.2. The summed E-state index contributed by atoms with van der Waals surface area (Å²) in [5.41, 5.74) is 12.0. The van der Waals surface area contributed by atoms with Gasteiger partial charge < -0.3 is 11.1 Å². The molecule has 4 heterocycles. The SMILES string of the molecule is Cc1ccsc1-c1csc2c(NCC(N)Cc3ccccc3)nc(-c3ccncc3)nc12. The lowest BCUT2D eigenvalue weighted by atomic mass is 10.1. The lowest BCUT2D eigenvalue weighted by molar-refractivity contribution is 0.698. The fraction of sp³-hybridized carbons (Fsp3) is 0.160. The molecule has 0 saturated heterocycles. The Kier molecular flexibility index (Phi) is 5.94. The van der Waals surface area contributed by atoms with Crippen molar-refractivity contribution in [3.63, 3.8) is 0 Å². The highest BCUT2D eigenvalue weighted by Crippen LogP contribution is 2.40. The van der Waals surface area contributed by atoms with Crippen molar-refractivity contribution in [1.82, 2.24) is 15.0 Å². The number of fused-ring (bicyclic) bond motifs is 1. The van der Waals surface area contributed by atoms with Crippen LogP contribution in [-0.2, 0) is 6.42 Å². The Labute approximate surface area is 195 Å². The summed E-state index contributed by atoms with van der Waals surface area (Å²) in [6.07, 6.45) is 4.34. The summed E-state index contributed by atoms with van der Waals surface area (Å²) in [6.45, 7) is 2.77. The van der Waals surface area contributed by atoms with Crippen molar-refractivity contribution in [3.8, 4) is 21.8 Å². The van der Waals surface area contributed by atoms with Gasteiger partial charge in [0.05, 0.1) is 10.2 Å². The molecule has 0 aliphatic heterocycles. The highest BCUT2D eigenvalue weighted by Gasteiger charge is 2.18. The maximum absolute atomic E-state index is 6.44. The number of hydrogen-bond acceptors (Lipinski definition) is 7. The van der Waals surface area contributed by atoms with Crippen molar-refractivity contribution in [2.24, 2.45) is 5.73 Å². The minimum Gasteiger partial charge on any atom is -0.367 e. The van der Waals surface area contributed by atoms with E-state index in [1.54, 1.807) is 35.1 Å². The maximum Gasteiger partial charge on any atom is 0.162 e. The van der Waals surface area contributed by atoms with Crippen molar-refractivity contribution in [2.45, 2.75) is 19.4 Å². The first-order chi connectivity index (χ1) is 15.7. The molecule has 0 spiro atoms. The van der Waals surface area contributed by atoms with Crippen LogP contribution in [0.15, 0.2) is 71.7 Å². The van der Waals surface area contributed by atoms with Crippen molar-refractivity contribution in [2.75, 3.05) is 11.9 Å². The molecule has 0 saturated carbocycles. The molecule has 1 unspecified atom stereocenters. The van der Waals surface area contributed by atoms with Crippen molar-refractivity contribution in [1.29, 1.82) is 0 Å². The van der Waals surface area contributed by atoms with Crippen LogP contribution >= 0.6 is 22.7 Å². The summed E-state index contributed by atoms with van der Waals surface area (Å²) in [5, 5.41) is 7.82. The first kappa shape index (κ1) is 20.8. The molecule has 5 nitrogen and oxygen atoms in total. The molecule has 0 bridgehead atoms. The molecule has 1 aromatic carbocycles. The fourth-order valence-corrected chi connectivity index (χ4v) is 5.68. The minimum atomic E-state index is -0.0224. The zero-order chi connectivity index (χ0) is 21.9. The number of benzene rings is 1. The topological polar surface area (TPSA) is 76.7 Å². The Morgan fingerprint density at radius 3 is 2.56 bits per heavy atom. The number of aryl methyl sites for hydroxylation is 1. The van der Waals surface area contributed by atoms with E-state index >= 15 is 0 Å². The molecule has 160 valence electrons. The lowest BCUT2D eigenvalue weighted by Crippen LogP contribution is -2.31. The number of nitrogens with two attached hydrogens (primary N) is 1. The predicted octanol–water partition coefficient (Wildman–Crippen LogP) is 5.77. The van der Waals surface area contributed by atoms with E-state index in [0.717, 1.165) is 33.6 Å². The number of pyridine rings is 1. The van der Waals surface area contributed by atoms with Crippen LogP contribution in [0, 0.1) is 6.92 Å².